The van der Waals surface area contributed by atoms with Gasteiger partial charge in [-0.3, -0.25) is 4.79 Å². The van der Waals surface area contributed by atoms with Crippen LogP contribution in [0.2, 0.25) is 0 Å². The fourth-order valence-corrected chi connectivity index (χ4v) is 2.24. The monoisotopic (exact) mass is 267 g/mol. The van der Waals surface area contributed by atoms with Gasteiger partial charge in [0.25, 0.3) is 0 Å². The predicted octanol–water partition coefficient (Wildman–Crippen LogP) is 0.152. The Labute approximate surface area is 114 Å². The molecule has 106 valence electrons. The topological polar surface area (TPSA) is 64.1 Å². The minimum absolute atomic E-state index is 0.0265. The third-order valence-electron chi connectivity index (χ3n) is 3.34. The van der Waals surface area contributed by atoms with E-state index in [9.17, 15) is 9.59 Å². The number of carboxylic acid groups (broad SMARTS) is 1. The minimum atomic E-state index is -1.05. The van der Waals surface area contributed by atoms with Crippen LogP contribution in [-0.2, 0) is 4.79 Å². The molecule has 6 heteroatoms. The Morgan fingerprint density at radius 3 is 2.37 bits per heavy atom. The lowest BCUT2D eigenvalue weighted by Gasteiger charge is -2.37. The number of amides is 2. The number of nitrogens with zero attached hydrogens (tertiary/aromatic N) is 3. The summed E-state index contributed by atoms with van der Waals surface area (Å²) in [6.45, 7) is 0.958. The molecular formula is C13H21N3O3. The third-order valence-corrected chi connectivity index (χ3v) is 3.34. The van der Waals surface area contributed by atoms with Crippen molar-refractivity contribution in [1.82, 2.24) is 14.7 Å². The lowest BCUT2D eigenvalue weighted by molar-refractivity contribution is -0.137. The Hall–Kier alpha value is -1.74. The van der Waals surface area contributed by atoms with Crippen molar-refractivity contribution in [1.29, 1.82) is 0 Å². The molecule has 1 rings (SSSR count). The highest BCUT2D eigenvalue weighted by molar-refractivity contribution is 5.80. The van der Waals surface area contributed by atoms with Crippen LogP contribution in [0.15, 0.2) is 0 Å². The molecule has 0 aliphatic carbocycles. The number of hydrogen-bond donors (Lipinski definition) is 1. The van der Waals surface area contributed by atoms with Crippen LogP contribution in [0.3, 0.4) is 0 Å². The average molecular weight is 267 g/mol. The number of rotatable bonds is 4. The van der Waals surface area contributed by atoms with Crippen LogP contribution in [0, 0.1) is 12.3 Å². The predicted molar refractivity (Wildman–Crippen MR) is 71.7 cm³/mol. The van der Waals surface area contributed by atoms with Crippen molar-refractivity contribution in [3.8, 4) is 12.3 Å². The number of aliphatic carboxylic acids is 1. The highest BCUT2D eigenvalue weighted by Crippen LogP contribution is 2.15. The van der Waals surface area contributed by atoms with Gasteiger partial charge in [0.1, 0.15) is 6.54 Å². The zero-order valence-corrected chi connectivity index (χ0v) is 11.5. The van der Waals surface area contributed by atoms with Crippen molar-refractivity contribution < 1.29 is 14.7 Å². The van der Waals surface area contributed by atoms with Gasteiger partial charge in [-0.1, -0.05) is 5.92 Å². The fraction of sp³-hybridized carbons (Fsp3) is 0.692. The summed E-state index contributed by atoms with van der Waals surface area (Å²) in [6.07, 6.45) is 6.97. The third kappa shape index (κ3) is 4.45. The van der Waals surface area contributed by atoms with Gasteiger partial charge in [-0.15, -0.1) is 6.42 Å². The molecule has 0 aromatic rings. The molecule has 1 aliphatic rings. The summed E-state index contributed by atoms with van der Waals surface area (Å²) < 4.78 is 0. The van der Waals surface area contributed by atoms with E-state index in [4.69, 9.17) is 11.5 Å². The van der Waals surface area contributed by atoms with E-state index in [-0.39, 0.29) is 19.1 Å². The molecule has 1 fully saturated rings. The number of terminal acetylenes is 1. The number of carbonyl (C=O) groups excluding carboxylic acids is 1. The second-order valence-electron chi connectivity index (χ2n) is 4.92. The molecule has 0 aromatic heterocycles. The molecule has 19 heavy (non-hydrogen) atoms. The van der Waals surface area contributed by atoms with E-state index in [2.05, 4.69) is 10.8 Å². The van der Waals surface area contributed by atoms with Crippen molar-refractivity contribution in [3.63, 3.8) is 0 Å². The van der Waals surface area contributed by atoms with E-state index in [1.807, 2.05) is 14.1 Å². The van der Waals surface area contributed by atoms with Crippen LogP contribution in [0.1, 0.15) is 12.8 Å². The van der Waals surface area contributed by atoms with Crippen LogP contribution in [-0.4, -0.2) is 78.1 Å². The normalized spacial score (nSPS) is 16.2. The first-order chi connectivity index (χ1) is 8.95. The molecule has 0 spiro atoms. The number of likely N-dealkylation sites (tertiary alicyclic amines) is 1. The average Bonchev–Trinajstić information content (AvgIpc) is 2.37. The first kappa shape index (κ1) is 15.3. The van der Waals surface area contributed by atoms with Crippen LogP contribution >= 0.6 is 0 Å². The summed E-state index contributed by atoms with van der Waals surface area (Å²) in [5, 5.41) is 8.78. The van der Waals surface area contributed by atoms with E-state index in [0.29, 0.717) is 19.1 Å². The maximum atomic E-state index is 12.2. The largest absolute Gasteiger partial charge is 0.480 e. The summed E-state index contributed by atoms with van der Waals surface area (Å²) in [4.78, 5) is 27.9. The van der Waals surface area contributed by atoms with Crippen LogP contribution in [0.25, 0.3) is 0 Å². The zero-order valence-electron chi connectivity index (χ0n) is 11.5. The molecule has 1 N–H and O–H groups in total. The molecule has 2 amide bonds. The number of carbonyl (C=O) groups is 2. The van der Waals surface area contributed by atoms with Gasteiger partial charge in [-0.25, -0.2) is 4.79 Å². The maximum Gasteiger partial charge on any atom is 0.323 e. The number of carboxylic acids is 1. The summed E-state index contributed by atoms with van der Waals surface area (Å²) >= 11 is 0. The SMILES string of the molecule is C#CCN(CC(=O)O)C(=O)N1CCC(N(C)C)CC1. The van der Waals surface area contributed by atoms with Gasteiger partial charge in [0.05, 0.1) is 6.54 Å². The summed E-state index contributed by atoms with van der Waals surface area (Å²) in [7, 11) is 4.05. The molecule has 1 saturated heterocycles. The van der Waals surface area contributed by atoms with E-state index < -0.39 is 5.97 Å². The lowest BCUT2D eigenvalue weighted by atomic mass is 10.0. The molecule has 0 radical (unpaired) electrons. The highest BCUT2D eigenvalue weighted by atomic mass is 16.4. The number of hydrogen-bond acceptors (Lipinski definition) is 3. The summed E-state index contributed by atoms with van der Waals surface area (Å²) in [5.74, 6) is 1.28. The standard InChI is InChI=1S/C13H21N3O3/c1-4-7-16(10-12(17)18)13(19)15-8-5-11(6-9-15)14(2)3/h1,11H,5-10H2,2-3H3,(H,17,18). The maximum absolute atomic E-state index is 12.2. The van der Waals surface area contributed by atoms with Gasteiger partial charge in [0.15, 0.2) is 0 Å². The van der Waals surface area contributed by atoms with E-state index >= 15 is 0 Å². The smallest absolute Gasteiger partial charge is 0.323 e. The van der Waals surface area contributed by atoms with Crippen LogP contribution in [0.4, 0.5) is 4.79 Å². The number of piperidine rings is 1. The van der Waals surface area contributed by atoms with E-state index in [1.54, 1.807) is 4.90 Å². The fourth-order valence-electron chi connectivity index (χ4n) is 2.24. The molecule has 0 bridgehead atoms. The Morgan fingerprint density at radius 2 is 1.95 bits per heavy atom. The molecule has 6 nitrogen and oxygen atoms in total. The Kier molecular flexibility index (Phi) is 5.64. The van der Waals surface area contributed by atoms with Crippen LogP contribution < -0.4 is 0 Å². The quantitative estimate of drug-likeness (QED) is 0.737. The second kappa shape index (κ2) is 7.00. The van der Waals surface area contributed by atoms with Crippen molar-refractivity contribution in [2.75, 3.05) is 40.3 Å². The molecule has 0 aromatic carbocycles. The molecule has 1 heterocycles. The van der Waals surface area contributed by atoms with E-state index in [1.165, 1.54) is 4.90 Å². The van der Waals surface area contributed by atoms with Gasteiger partial charge in [-0.2, -0.15) is 0 Å². The molecule has 0 atom stereocenters. The lowest BCUT2D eigenvalue weighted by Crippen LogP contribution is -2.50. The molecular weight excluding hydrogens is 246 g/mol. The zero-order chi connectivity index (χ0) is 14.4. The Balaban J connectivity index is 2.57. The van der Waals surface area contributed by atoms with Crippen molar-refractivity contribution in [3.05, 3.63) is 0 Å². The number of urea groups is 1. The Bertz CT molecular complexity index is 368. The van der Waals surface area contributed by atoms with Crippen molar-refractivity contribution >= 4 is 12.0 Å². The minimum Gasteiger partial charge on any atom is -0.480 e. The molecule has 1 aliphatic heterocycles. The van der Waals surface area contributed by atoms with Gasteiger partial charge < -0.3 is 19.8 Å². The first-order valence-corrected chi connectivity index (χ1v) is 6.31. The Morgan fingerprint density at radius 1 is 1.37 bits per heavy atom. The molecule has 0 saturated carbocycles. The first-order valence-electron chi connectivity index (χ1n) is 6.31. The second-order valence-corrected chi connectivity index (χ2v) is 4.92. The van der Waals surface area contributed by atoms with Gasteiger partial charge in [0, 0.05) is 19.1 Å². The van der Waals surface area contributed by atoms with Crippen LogP contribution in [0.5, 0.6) is 0 Å². The van der Waals surface area contributed by atoms with Crippen molar-refractivity contribution in [2.45, 2.75) is 18.9 Å². The molecule has 0 unspecified atom stereocenters. The van der Waals surface area contributed by atoms with Crippen molar-refractivity contribution in [2.24, 2.45) is 0 Å². The van der Waals surface area contributed by atoms with Gasteiger partial charge in [0.2, 0.25) is 0 Å². The van der Waals surface area contributed by atoms with E-state index in [0.717, 1.165) is 12.8 Å². The summed E-state index contributed by atoms with van der Waals surface area (Å²) in [6, 6.07) is 0.196. The van der Waals surface area contributed by atoms with Gasteiger partial charge >= 0.3 is 12.0 Å². The summed E-state index contributed by atoms with van der Waals surface area (Å²) in [5.41, 5.74) is 0. The highest BCUT2D eigenvalue weighted by Gasteiger charge is 2.27. The van der Waals surface area contributed by atoms with Gasteiger partial charge in [-0.05, 0) is 26.9 Å².